The Hall–Kier alpha value is -7.16. The molecule has 0 atom stereocenters. The van der Waals surface area contributed by atoms with Crippen molar-refractivity contribution < 1.29 is 0 Å². The third-order valence-electron chi connectivity index (χ3n) is 11.1. The van der Waals surface area contributed by atoms with E-state index in [4.69, 9.17) is 9.97 Å². The smallest absolute Gasteiger partial charge is 0.0788 e. The summed E-state index contributed by atoms with van der Waals surface area (Å²) in [7, 11) is 0. The molecule has 0 N–H and O–H groups in total. The fourth-order valence-corrected chi connectivity index (χ4v) is 8.65. The molecule has 0 aliphatic rings. The molecule has 2 heterocycles. The molecule has 2 heteroatoms. The zero-order chi connectivity index (χ0) is 35.6. The van der Waals surface area contributed by atoms with E-state index in [1.54, 1.807) is 0 Å². The first-order valence-corrected chi connectivity index (χ1v) is 18.5. The predicted octanol–water partition coefficient (Wildman–Crippen LogP) is 14.1. The SMILES string of the molecule is c1ccc(-c2nc3cc(-c4c5ccccc5c(-c5ccc(-c6cccc7cccnc67)cc5)c5ccccc45)ccc3c3c2ccc2ccccc23)cc1. The van der Waals surface area contributed by atoms with Crippen LogP contribution in [0.1, 0.15) is 0 Å². The van der Waals surface area contributed by atoms with Gasteiger partial charge >= 0.3 is 0 Å². The van der Waals surface area contributed by atoms with Gasteiger partial charge in [-0.1, -0.05) is 176 Å². The minimum absolute atomic E-state index is 0.992. The second kappa shape index (κ2) is 12.2. The van der Waals surface area contributed by atoms with E-state index in [-0.39, 0.29) is 0 Å². The van der Waals surface area contributed by atoms with Gasteiger partial charge in [0.25, 0.3) is 0 Å². The molecule has 0 aliphatic heterocycles. The number of nitrogens with zero attached hydrogens (tertiary/aromatic N) is 2. The summed E-state index contributed by atoms with van der Waals surface area (Å²) in [6, 6.07) is 67.9. The van der Waals surface area contributed by atoms with Crippen molar-refractivity contribution >= 4 is 64.9 Å². The van der Waals surface area contributed by atoms with Crippen molar-refractivity contribution in [1.29, 1.82) is 0 Å². The van der Waals surface area contributed by atoms with E-state index in [2.05, 4.69) is 182 Å². The maximum Gasteiger partial charge on any atom is 0.0788 e. The van der Waals surface area contributed by atoms with Crippen LogP contribution in [0.2, 0.25) is 0 Å². The summed E-state index contributed by atoms with van der Waals surface area (Å²) < 4.78 is 0. The second-order valence-corrected chi connectivity index (χ2v) is 14.1. The Bertz CT molecular complexity index is 3190. The van der Waals surface area contributed by atoms with Gasteiger partial charge in [-0.25, -0.2) is 4.98 Å². The fraction of sp³-hybridized carbons (Fsp3) is 0. The van der Waals surface area contributed by atoms with Gasteiger partial charge in [-0.15, -0.1) is 0 Å². The van der Waals surface area contributed by atoms with Crippen LogP contribution in [0.4, 0.5) is 0 Å². The van der Waals surface area contributed by atoms with Gasteiger partial charge in [0.1, 0.15) is 0 Å². The molecule has 0 spiro atoms. The van der Waals surface area contributed by atoms with Crippen LogP contribution in [0, 0.1) is 0 Å². The quantitative estimate of drug-likeness (QED) is 0.136. The molecule has 2 aromatic heterocycles. The maximum atomic E-state index is 5.44. The van der Waals surface area contributed by atoms with Crippen LogP contribution in [0.5, 0.6) is 0 Å². The first-order valence-electron chi connectivity index (χ1n) is 18.5. The molecular formula is C52H32N2. The Morgan fingerprint density at radius 2 is 0.907 bits per heavy atom. The largest absolute Gasteiger partial charge is 0.256 e. The summed E-state index contributed by atoms with van der Waals surface area (Å²) in [4.78, 5) is 10.2. The number of pyridine rings is 2. The monoisotopic (exact) mass is 684 g/mol. The summed E-state index contributed by atoms with van der Waals surface area (Å²) in [5, 5.41) is 12.1. The van der Waals surface area contributed by atoms with E-state index in [0.717, 1.165) is 49.8 Å². The average Bonchev–Trinajstić information content (AvgIpc) is 3.25. The summed E-state index contributed by atoms with van der Waals surface area (Å²) in [5.41, 5.74) is 11.3. The first kappa shape index (κ1) is 30.5. The molecule has 11 rings (SSSR count). The minimum Gasteiger partial charge on any atom is -0.256 e. The van der Waals surface area contributed by atoms with E-state index >= 15 is 0 Å². The number of benzene rings is 9. The topological polar surface area (TPSA) is 25.8 Å². The lowest BCUT2D eigenvalue weighted by Gasteiger charge is -2.19. The van der Waals surface area contributed by atoms with Crippen LogP contribution in [0.25, 0.3) is 110 Å². The highest BCUT2D eigenvalue weighted by atomic mass is 14.7. The first-order chi connectivity index (χ1) is 26.8. The molecule has 0 saturated heterocycles. The highest BCUT2D eigenvalue weighted by molar-refractivity contribution is 6.25. The Morgan fingerprint density at radius 3 is 1.65 bits per heavy atom. The van der Waals surface area contributed by atoms with Gasteiger partial charge in [-0.05, 0) is 72.3 Å². The molecule has 0 fully saturated rings. The van der Waals surface area contributed by atoms with Crippen molar-refractivity contribution in [3.63, 3.8) is 0 Å². The van der Waals surface area contributed by atoms with E-state index in [1.807, 2.05) is 12.3 Å². The van der Waals surface area contributed by atoms with Gasteiger partial charge in [0, 0.05) is 38.9 Å². The van der Waals surface area contributed by atoms with E-state index in [9.17, 15) is 0 Å². The fourth-order valence-electron chi connectivity index (χ4n) is 8.65. The molecule has 2 nitrogen and oxygen atoms in total. The number of hydrogen-bond acceptors (Lipinski definition) is 2. The predicted molar refractivity (Wildman–Crippen MR) is 229 cm³/mol. The highest BCUT2D eigenvalue weighted by Gasteiger charge is 2.19. The average molecular weight is 685 g/mol. The third kappa shape index (κ3) is 4.74. The van der Waals surface area contributed by atoms with Crippen molar-refractivity contribution in [2.45, 2.75) is 0 Å². The Labute approximate surface area is 312 Å². The number of hydrogen-bond donors (Lipinski definition) is 0. The molecule has 0 saturated carbocycles. The molecule has 0 aliphatic carbocycles. The van der Waals surface area contributed by atoms with Gasteiger partial charge in [0.05, 0.1) is 16.7 Å². The Morgan fingerprint density at radius 1 is 0.333 bits per heavy atom. The van der Waals surface area contributed by atoms with Crippen LogP contribution in [-0.2, 0) is 0 Å². The molecule has 11 aromatic rings. The third-order valence-corrected chi connectivity index (χ3v) is 11.1. The van der Waals surface area contributed by atoms with Gasteiger partial charge in [-0.3, -0.25) is 4.98 Å². The maximum absolute atomic E-state index is 5.44. The van der Waals surface area contributed by atoms with Crippen molar-refractivity contribution in [2.24, 2.45) is 0 Å². The van der Waals surface area contributed by atoms with E-state index in [0.29, 0.717) is 0 Å². The molecular weight excluding hydrogens is 653 g/mol. The van der Waals surface area contributed by atoms with Crippen molar-refractivity contribution in [3.8, 4) is 44.6 Å². The van der Waals surface area contributed by atoms with Crippen LogP contribution >= 0.6 is 0 Å². The summed E-state index contributed by atoms with van der Waals surface area (Å²) in [5.74, 6) is 0. The summed E-state index contributed by atoms with van der Waals surface area (Å²) in [6.07, 6.45) is 1.87. The van der Waals surface area contributed by atoms with Crippen molar-refractivity contribution in [1.82, 2.24) is 9.97 Å². The van der Waals surface area contributed by atoms with Crippen molar-refractivity contribution in [2.75, 3.05) is 0 Å². The van der Waals surface area contributed by atoms with Crippen molar-refractivity contribution in [3.05, 3.63) is 194 Å². The van der Waals surface area contributed by atoms with Crippen LogP contribution in [0.15, 0.2) is 194 Å². The van der Waals surface area contributed by atoms with Crippen LogP contribution < -0.4 is 0 Å². The molecule has 0 unspecified atom stereocenters. The lowest BCUT2D eigenvalue weighted by molar-refractivity contribution is 1.41. The van der Waals surface area contributed by atoms with Gasteiger partial charge in [-0.2, -0.15) is 0 Å². The molecule has 250 valence electrons. The second-order valence-electron chi connectivity index (χ2n) is 14.1. The lowest BCUT2D eigenvalue weighted by Crippen LogP contribution is -1.93. The molecule has 0 bridgehead atoms. The Kier molecular flexibility index (Phi) is 6.90. The number of fused-ring (bicyclic) bond motifs is 8. The normalized spacial score (nSPS) is 11.7. The number of para-hydroxylation sites is 1. The van der Waals surface area contributed by atoms with Crippen LogP contribution in [0.3, 0.4) is 0 Å². The Balaban J connectivity index is 1.14. The lowest BCUT2D eigenvalue weighted by atomic mass is 9.85. The number of aromatic nitrogens is 2. The van der Waals surface area contributed by atoms with E-state index < -0.39 is 0 Å². The molecule has 9 aromatic carbocycles. The molecule has 54 heavy (non-hydrogen) atoms. The zero-order valence-electron chi connectivity index (χ0n) is 29.4. The standard InChI is InChI=1S/C52H32N2/c1-2-13-37(14-3-1)52-46-30-27-33-12-4-5-17-39(33)50(46)45-29-28-38(32-47(45)54-52)49-43-20-8-6-18-41(43)48(42-19-7-9-21-44(42)49)35-25-23-34(24-26-35)40-22-10-15-36-16-11-31-53-51(36)40/h1-32H. The van der Waals surface area contributed by atoms with Crippen LogP contribution in [-0.4, -0.2) is 9.97 Å². The zero-order valence-corrected chi connectivity index (χ0v) is 29.4. The van der Waals surface area contributed by atoms with Gasteiger partial charge in [0.2, 0.25) is 0 Å². The summed E-state index contributed by atoms with van der Waals surface area (Å²) >= 11 is 0. The minimum atomic E-state index is 0.992. The molecule has 0 amide bonds. The van der Waals surface area contributed by atoms with E-state index in [1.165, 1.54) is 59.8 Å². The highest BCUT2D eigenvalue weighted by Crippen LogP contribution is 2.45. The van der Waals surface area contributed by atoms with Gasteiger partial charge < -0.3 is 0 Å². The molecule has 0 radical (unpaired) electrons. The number of rotatable bonds is 4. The van der Waals surface area contributed by atoms with Gasteiger partial charge in [0.15, 0.2) is 0 Å². The summed E-state index contributed by atoms with van der Waals surface area (Å²) in [6.45, 7) is 0.